The molecule has 4 nitrogen and oxygen atoms in total. The van der Waals surface area contributed by atoms with Crippen molar-refractivity contribution in [1.29, 1.82) is 0 Å². The molecule has 0 saturated carbocycles. The van der Waals surface area contributed by atoms with Crippen LogP contribution in [0.3, 0.4) is 0 Å². The van der Waals surface area contributed by atoms with Crippen molar-refractivity contribution in [3.63, 3.8) is 0 Å². The van der Waals surface area contributed by atoms with Crippen LogP contribution in [0, 0.1) is 0 Å². The Kier molecular flexibility index (Phi) is 8.77. The molecule has 0 amide bonds. The molecule has 0 aliphatic heterocycles. The first-order chi connectivity index (χ1) is 28.2. The van der Waals surface area contributed by atoms with Crippen LogP contribution in [-0.2, 0) is 13.0 Å². The van der Waals surface area contributed by atoms with Gasteiger partial charge < -0.3 is 4.57 Å². The van der Waals surface area contributed by atoms with Crippen LogP contribution in [0.15, 0.2) is 209 Å². The third kappa shape index (κ3) is 6.47. The van der Waals surface area contributed by atoms with E-state index in [0.717, 1.165) is 34.2 Å². The Morgan fingerprint density at radius 1 is 0.474 bits per heavy atom. The van der Waals surface area contributed by atoms with Gasteiger partial charge in [0.2, 0.25) is 0 Å². The largest absolute Gasteiger partial charge is 0.309 e. The van der Waals surface area contributed by atoms with Gasteiger partial charge in [0.25, 0.3) is 0 Å². The summed E-state index contributed by atoms with van der Waals surface area (Å²) in [4.78, 5) is 14.3. The Labute approximate surface area is 332 Å². The third-order valence-corrected chi connectivity index (χ3v) is 11.0. The van der Waals surface area contributed by atoms with Gasteiger partial charge in [-0.1, -0.05) is 164 Å². The average Bonchev–Trinajstić information content (AvgIpc) is 3.82. The molecule has 1 aliphatic rings. The lowest BCUT2D eigenvalue weighted by Crippen LogP contribution is -2.05. The molecular weight excluding hydrogens is 693 g/mol. The molecule has 1 aliphatic carbocycles. The molecule has 0 unspecified atom stereocenters. The van der Waals surface area contributed by atoms with E-state index in [9.17, 15) is 0 Å². The van der Waals surface area contributed by atoms with E-state index in [1.54, 1.807) is 0 Å². The molecule has 0 spiro atoms. The van der Waals surface area contributed by atoms with Crippen LogP contribution in [0.4, 0.5) is 0 Å². The summed E-state index contributed by atoms with van der Waals surface area (Å²) in [5, 5.41) is 2.52. The Hall–Kier alpha value is -7.43. The molecule has 9 aromatic rings. The maximum atomic E-state index is 4.99. The highest BCUT2D eigenvalue weighted by atomic mass is 15.0. The number of nitrogens with zero attached hydrogens (tertiary/aromatic N) is 4. The number of hydrogen-bond donors (Lipinski definition) is 0. The van der Waals surface area contributed by atoms with E-state index in [-0.39, 0.29) is 0 Å². The molecule has 0 atom stereocenters. The SMILES string of the molecule is C=NC(=NC(=NCc1ccccc1)c1ccccc1)c1cccc(-c2ccc3c(c2)Cc2ccc(-n4c5ccccc5c5ccc(-c6ccccc6)cc54)cc2-3)c1. The number of aliphatic imine (C=N–C) groups is 3. The number of rotatable bonds is 7. The van der Waals surface area contributed by atoms with Crippen LogP contribution >= 0.6 is 0 Å². The molecule has 0 fully saturated rings. The first-order valence-electron chi connectivity index (χ1n) is 19.4. The second-order valence-corrected chi connectivity index (χ2v) is 14.5. The van der Waals surface area contributed by atoms with Crippen molar-refractivity contribution in [2.75, 3.05) is 0 Å². The van der Waals surface area contributed by atoms with Gasteiger partial charge in [-0.15, -0.1) is 0 Å². The number of fused-ring (bicyclic) bond motifs is 6. The van der Waals surface area contributed by atoms with Crippen molar-refractivity contribution < 1.29 is 0 Å². The van der Waals surface area contributed by atoms with Crippen LogP contribution in [0.5, 0.6) is 0 Å². The fourth-order valence-electron chi connectivity index (χ4n) is 8.21. The number of aromatic nitrogens is 1. The van der Waals surface area contributed by atoms with Gasteiger partial charge in [-0.05, 0) is 93.5 Å². The average molecular weight is 731 g/mol. The number of para-hydroxylation sites is 1. The number of benzene rings is 8. The summed E-state index contributed by atoms with van der Waals surface area (Å²) in [6, 6.07) is 68.8. The minimum absolute atomic E-state index is 0.520. The van der Waals surface area contributed by atoms with Gasteiger partial charge in [-0.2, -0.15) is 0 Å². The van der Waals surface area contributed by atoms with E-state index in [4.69, 9.17) is 9.98 Å². The molecule has 1 aromatic heterocycles. The van der Waals surface area contributed by atoms with Crippen molar-refractivity contribution in [3.05, 3.63) is 222 Å². The number of hydrogen-bond acceptors (Lipinski definition) is 1. The van der Waals surface area contributed by atoms with Crippen molar-refractivity contribution >= 4 is 40.2 Å². The first kappa shape index (κ1) is 34.1. The molecule has 4 heteroatoms. The molecular formula is C53H38N4. The zero-order chi connectivity index (χ0) is 38.1. The molecule has 0 bridgehead atoms. The molecule has 10 rings (SSSR count). The second-order valence-electron chi connectivity index (χ2n) is 14.5. The lowest BCUT2D eigenvalue weighted by molar-refractivity contribution is 1.06. The lowest BCUT2D eigenvalue weighted by atomic mass is 9.97. The van der Waals surface area contributed by atoms with Crippen LogP contribution in [0.25, 0.3) is 60.9 Å². The Balaban J connectivity index is 0.992. The van der Waals surface area contributed by atoms with E-state index in [2.05, 4.69) is 156 Å². The maximum absolute atomic E-state index is 4.99. The van der Waals surface area contributed by atoms with Gasteiger partial charge >= 0.3 is 0 Å². The van der Waals surface area contributed by atoms with E-state index in [1.165, 1.54) is 60.9 Å². The number of amidine groups is 2. The minimum Gasteiger partial charge on any atom is -0.309 e. The van der Waals surface area contributed by atoms with Crippen LogP contribution in [0.2, 0.25) is 0 Å². The Morgan fingerprint density at radius 3 is 1.96 bits per heavy atom. The predicted octanol–water partition coefficient (Wildman–Crippen LogP) is 12.8. The molecule has 270 valence electrons. The third-order valence-electron chi connectivity index (χ3n) is 11.0. The van der Waals surface area contributed by atoms with E-state index in [1.807, 2.05) is 54.6 Å². The Morgan fingerprint density at radius 2 is 1.14 bits per heavy atom. The summed E-state index contributed by atoms with van der Waals surface area (Å²) in [7, 11) is 0. The van der Waals surface area contributed by atoms with E-state index >= 15 is 0 Å². The normalized spacial score (nSPS) is 12.5. The summed E-state index contributed by atoms with van der Waals surface area (Å²) in [6.45, 7) is 4.43. The Bertz CT molecular complexity index is 3010. The molecule has 0 radical (unpaired) electrons. The van der Waals surface area contributed by atoms with Gasteiger partial charge in [-0.3, -0.25) is 4.99 Å². The van der Waals surface area contributed by atoms with Gasteiger partial charge in [-0.25, -0.2) is 9.98 Å². The zero-order valence-electron chi connectivity index (χ0n) is 31.4. The quantitative estimate of drug-likeness (QED) is 0.116. The van der Waals surface area contributed by atoms with E-state index < -0.39 is 0 Å². The second kappa shape index (κ2) is 14.7. The molecule has 1 heterocycles. The van der Waals surface area contributed by atoms with Crippen LogP contribution in [0.1, 0.15) is 27.8 Å². The van der Waals surface area contributed by atoms with Gasteiger partial charge in [0, 0.05) is 27.6 Å². The molecule has 57 heavy (non-hydrogen) atoms. The summed E-state index contributed by atoms with van der Waals surface area (Å²) in [6.07, 6.45) is 0.892. The standard InChI is InChI=1S/C53H38N4/c1-54-52(56-53(38-18-9-4-10-19-38)55-35-36-14-5-2-6-15-36)43-21-13-20-39(30-43)40-25-28-46-44(31-40)32-42-24-27-45(34-49(42)46)57-50-23-12-11-22-47(50)48-29-26-41(33-51(48)57)37-16-7-3-8-17-37/h2-31,33-34H,1,32,35H2. The van der Waals surface area contributed by atoms with E-state index in [0.29, 0.717) is 18.2 Å². The summed E-state index contributed by atoms with van der Waals surface area (Å²) >= 11 is 0. The topological polar surface area (TPSA) is 42.0 Å². The molecule has 0 N–H and O–H groups in total. The minimum atomic E-state index is 0.520. The highest BCUT2D eigenvalue weighted by Crippen LogP contribution is 2.42. The predicted molar refractivity (Wildman–Crippen MR) is 239 cm³/mol. The zero-order valence-corrected chi connectivity index (χ0v) is 31.4. The first-order valence-corrected chi connectivity index (χ1v) is 19.4. The van der Waals surface area contributed by atoms with Crippen LogP contribution < -0.4 is 0 Å². The monoisotopic (exact) mass is 730 g/mol. The fourth-order valence-corrected chi connectivity index (χ4v) is 8.21. The molecule has 8 aromatic carbocycles. The smallest absolute Gasteiger partial charge is 0.161 e. The molecule has 0 saturated heterocycles. The fraction of sp³-hybridized carbons (Fsp3) is 0.0377. The van der Waals surface area contributed by atoms with Crippen molar-refractivity contribution in [2.45, 2.75) is 13.0 Å². The van der Waals surface area contributed by atoms with Gasteiger partial charge in [0.15, 0.2) is 11.7 Å². The van der Waals surface area contributed by atoms with Gasteiger partial charge in [0.1, 0.15) is 0 Å². The summed E-state index contributed by atoms with van der Waals surface area (Å²) < 4.78 is 2.43. The van der Waals surface area contributed by atoms with Crippen molar-refractivity contribution in [2.24, 2.45) is 15.0 Å². The highest BCUT2D eigenvalue weighted by molar-refractivity contribution is 6.13. The highest BCUT2D eigenvalue weighted by Gasteiger charge is 2.22. The maximum Gasteiger partial charge on any atom is 0.161 e. The summed E-state index contributed by atoms with van der Waals surface area (Å²) in [5.41, 5.74) is 16.5. The summed E-state index contributed by atoms with van der Waals surface area (Å²) in [5.74, 6) is 1.16. The van der Waals surface area contributed by atoms with Crippen LogP contribution in [-0.4, -0.2) is 23.0 Å². The van der Waals surface area contributed by atoms with Crippen molar-refractivity contribution in [3.8, 4) is 39.1 Å². The lowest BCUT2D eigenvalue weighted by Gasteiger charge is -2.12. The van der Waals surface area contributed by atoms with Crippen molar-refractivity contribution in [1.82, 2.24) is 4.57 Å². The van der Waals surface area contributed by atoms with Gasteiger partial charge in [0.05, 0.1) is 17.6 Å².